The summed E-state index contributed by atoms with van der Waals surface area (Å²) in [4.78, 5) is 26.5. The zero-order valence-corrected chi connectivity index (χ0v) is 19.2. The van der Waals surface area contributed by atoms with Gasteiger partial charge in [0.25, 0.3) is 5.91 Å². The van der Waals surface area contributed by atoms with Crippen molar-refractivity contribution in [2.45, 2.75) is 27.7 Å². The molecule has 1 aromatic heterocycles. The number of aryl methyl sites for hydroxylation is 2. The van der Waals surface area contributed by atoms with E-state index in [1.807, 2.05) is 6.92 Å². The van der Waals surface area contributed by atoms with E-state index in [-0.39, 0.29) is 5.91 Å². The maximum absolute atomic E-state index is 12.2. The molecule has 1 aromatic carbocycles. The Bertz CT molecular complexity index is 886. The lowest BCUT2D eigenvalue weighted by Crippen LogP contribution is -2.52. The molecular weight excluding hydrogens is 396 g/mol. The van der Waals surface area contributed by atoms with E-state index < -0.39 is 0 Å². The third-order valence-electron chi connectivity index (χ3n) is 5.44. The third-order valence-corrected chi connectivity index (χ3v) is 6.37. The molecule has 30 heavy (non-hydrogen) atoms. The van der Waals surface area contributed by atoms with Gasteiger partial charge in [-0.05, 0) is 44.9 Å². The van der Waals surface area contributed by atoms with Crippen LogP contribution in [-0.2, 0) is 0 Å². The molecule has 0 spiro atoms. The zero-order chi connectivity index (χ0) is 21.5. The minimum absolute atomic E-state index is 0.0719. The molecule has 3 rings (SSSR count). The topological polar surface area (TPSA) is 72.9 Å². The van der Waals surface area contributed by atoms with Crippen molar-refractivity contribution in [1.82, 2.24) is 20.5 Å². The van der Waals surface area contributed by atoms with Gasteiger partial charge in [-0.25, -0.2) is 4.98 Å². The predicted octanol–water partition coefficient (Wildman–Crippen LogP) is 2.59. The van der Waals surface area contributed by atoms with Crippen molar-refractivity contribution in [3.63, 3.8) is 0 Å². The molecular formula is C22H32N6OS. The van der Waals surface area contributed by atoms with E-state index in [0.717, 1.165) is 44.4 Å². The number of benzene rings is 1. The number of amides is 1. The van der Waals surface area contributed by atoms with Gasteiger partial charge in [-0.1, -0.05) is 12.1 Å². The minimum Gasteiger partial charge on any atom is -0.368 e. The summed E-state index contributed by atoms with van der Waals surface area (Å²) in [6.07, 6.45) is 0. The number of carbonyl (C=O) groups excluding carboxylic acids is 1. The largest absolute Gasteiger partial charge is 0.368 e. The highest BCUT2D eigenvalue weighted by molar-refractivity contribution is 7.11. The summed E-state index contributed by atoms with van der Waals surface area (Å²) in [5, 5.41) is 6.33. The van der Waals surface area contributed by atoms with Gasteiger partial charge >= 0.3 is 0 Å². The smallest absolute Gasteiger partial charge is 0.263 e. The Balaban J connectivity index is 1.53. The molecule has 0 unspecified atom stereocenters. The van der Waals surface area contributed by atoms with Crippen molar-refractivity contribution >= 4 is 28.9 Å². The van der Waals surface area contributed by atoms with E-state index in [2.05, 4.69) is 64.4 Å². The van der Waals surface area contributed by atoms with Crippen LogP contribution in [0.25, 0.3) is 0 Å². The molecule has 0 saturated carbocycles. The number of guanidine groups is 1. The average molecular weight is 429 g/mol. The Morgan fingerprint density at radius 2 is 1.93 bits per heavy atom. The second-order valence-electron chi connectivity index (χ2n) is 7.45. The number of anilines is 1. The molecule has 7 nitrogen and oxygen atoms in total. The maximum Gasteiger partial charge on any atom is 0.263 e. The third kappa shape index (κ3) is 5.30. The van der Waals surface area contributed by atoms with E-state index in [9.17, 15) is 4.79 Å². The van der Waals surface area contributed by atoms with E-state index in [0.29, 0.717) is 18.0 Å². The van der Waals surface area contributed by atoms with Crippen molar-refractivity contribution in [2.75, 3.05) is 50.7 Å². The standard InChI is InChI=1S/C22H32N6OS/c1-5-23-22(25-10-9-24-21(29)20-18(4)26-15-30-20)28-13-11-27(12-14-28)19-8-6-7-16(2)17(19)3/h6-8,15H,5,9-14H2,1-4H3,(H,23,25)(H,24,29). The molecule has 0 radical (unpaired) electrons. The fourth-order valence-corrected chi connectivity index (χ4v) is 4.31. The number of rotatable bonds is 6. The molecule has 8 heteroatoms. The fraction of sp³-hybridized carbons (Fsp3) is 0.500. The summed E-state index contributed by atoms with van der Waals surface area (Å²) in [7, 11) is 0. The Labute approximate surface area is 183 Å². The van der Waals surface area contributed by atoms with Crippen molar-refractivity contribution in [3.05, 3.63) is 45.4 Å². The zero-order valence-electron chi connectivity index (χ0n) is 18.4. The summed E-state index contributed by atoms with van der Waals surface area (Å²) in [5.74, 6) is 0.846. The highest BCUT2D eigenvalue weighted by Gasteiger charge is 2.21. The first-order valence-electron chi connectivity index (χ1n) is 10.5. The normalized spacial score (nSPS) is 14.7. The molecule has 1 saturated heterocycles. The number of hydrogen-bond donors (Lipinski definition) is 2. The Morgan fingerprint density at radius 1 is 1.17 bits per heavy atom. The number of hydrogen-bond acceptors (Lipinski definition) is 5. The lowest BCUT2D eigenvalue weighted by atomic mass is 10.1. The average Bonchev–Trinajstić information content (AvgIpc) is 3.18. The lowest BCUT2D eigenvalue weighted by molar-refractivity contribution is 0.0958. The molecule has 1 aliphatic rings. The molecule has 2 aromatic rings. The molecule has 1 fully saturated rings. The van der Waals surface area contributed by atoms with Gasteiger partial charge in [-0.3, -0.25) is 9.79 Å². The van der Waals surface area contributed by atoms with Crippen molar-refractivity contribution in [1.29, 1.82) is 0 Å². The number of piperazine rings is 1. The summed E-state index contributed by atoms with van der Waals surface area (Å²) in [5.41, 5.74) is 6.50. The quantitative estimate of drug-likeness (QED) is 0.420. The molecule has 0 aliphatic carbocycles. The van der Waals surface area contributed by atoms with Gasteiger partial charge < -0.3 is 20.4 Å². The molecule has 0 bridgehead atoms. The highest BCUT2D eigenvalue weighted by atomic mass is 32.1. The van der Waals surface area contributed by atoms with Gasteiger partial charge in [0.05, 0.1) is 17.7 Å². The van der Waals surface area contributed by atoms with Crippen LogP contribution in [0.4, 0.5) is 5.69 Å². The van der Waals surface area contributed by atoms with Gasteiger partial charge in [0.2, 0.25) is 0 Å². The van der Waals surface area contributed by atoms with Crippen LogP contribution in [0.1, 0.15) is 33.4 Å². The van der Waals surface area contributed by atoms with Crippen LogP contribution in [0.15, 0.2) is 28.7 Å². The molecule has 2 N–H and O–H groups in total. The number of aromatic nitrogens is 1. The second kappa shape index (κ2) is 10.4. The van der Waals surface area contributed by atoms with Crippen molar-refractivity contribution in [3.8, 4) is 0 Å². The monoisotopic (exact) mass is 428 g/mol. The highest BCUT2D eigenvalue weighted by Crippen LogP contribution is 2.23. The molecule has 1 amide bonds. The second-order valence-corrected chi connectivity index (χ2v) is 8.31. The molecule has 1 aliphatic heterocycles. The van der Waals surface area contributed by atoms with Crippen LogP contribution in [0, 0.1) is 20.8 Å². The van der Waals surface area contributed by atoms with Crippen LogP contribution in [-0.4, -0.2) is 67.6 Å². The minimum atomic E-state index is -0.0719. The molecule has 162 valence electrons. The SMILES string of the molecule is CCNC(=NCCNC(=O)c1scnc1C)N1CCN(c2cccc(C)c2C)CC1. The summed E-state index contributed by atoms with van der Waals surface area (Å²) in [6, 6.07) is 6.52. The van der Waals surface area contributed by atoms with Crippen LogP contribution < -0.4 is 15.5 Å². The van der Waals surface area contributed by atoms with E-state index >= 15 is 0 Å². The fourth-order valence-electron chi connectivity index (χ4n) is 3.59. The number of nitrogens with zero attached hydrogens (tertiary/aromatic N) is 4. The predicted molar refractivity (Wildman–Crippen MR) is 125 cm³/mol. The van der Waals surface area contributed by atoms with Crippen LogP contribution in [0.2, 0.25) is 0 Å². The molecule has 2 heterocycles. The van der Waals surface area contributed by atoms with E-state index in [1.165, 1.54) is 28.2 Å². The Kier molecular flexibility index (Phi) is 7.68. The first-order chi connectivity index (χ1) is 14.5. The van der Waals surface area contributed by atoms with Gasteiger partial charge in [0.15, 0.2) is 5.96 Å². The van der Waals surface area contributed by atoms with Crippen molar-refractivity contribution in [2.24, 2.45) is 4.99 Å². The number of thiazole rings is 1. The van der Waals surface area contributed by atoms with Crippen molar-refractivity contribution < 1.29 is 4.79 Å². The van der Waals surface area contributed by atoms with Gasteiger partial charge in [0, 0.05) is 45.0 Å². The van der Waals surface area contributed by atoms with Crippen LogP contribution in [0.3, 0.4) is 0 Å². The Hall–Kier alpha value is -2.61. The number of aliphatic imine (C=N–C) groups is 1. The van der Waals surface area contributed by atoms with E-state index in [4.69, 9.17) is 4.99 Å². The van der Waals surface area contributed by atoms with Crippen LogP contribution in [0.5, 0.6) is 0 Å². The summed E-state index contributed by atoms with van der Waals surface area (Å²) >= 11 is 1.37. The number of nitrogens with one attached hydrogen (secondary N) is 2. The van der Waals surface area contributed by atoms with Gasteiger partial charge in [-0.2, -0.15) is 0 Å². The van der Waals surface area contributed by atoms with E-state index in [1.54, 1.807) is 5.51 Å². The first-order valence-corrected chi connectivity index (χ1v) is 11.4. The summed E-state index contributed by atoms with van der Waals surface area (Å²) in [6.45, 7) is 14.0. The van der Waals surface area contributed by atoms with Crippen LogP contribution >= 0.6 is 11.3 Å². The maximum atomic E-state index is 12.2. The lowest BCUT2D eigenvalue weighted by Gasteiger charge is -2.38. The summed E-state index contributed by atoms with van der Waals surface area (Å²) < 4.78 is 0. The first kappa shape index (κ1) is 22.1. The van der Waals surface area contributed by atoms with Gasteiger partial charge in [-0.15, -0.1) is 11.3 Å². The Morgan fingerprint density at radius 3 is 2.60 bits per heavy atom. The number of carbonyl (C=O) groups is 1. The molecule has 0 atom stereocenters. The van der Waals surface area contributed by atoms with Gasteiger partial charge in [0.1, 0.15) is 4.88 Å².